The number of esters is 1. The maximum atomic E-state index is 11.3. The highest BCUT2D eigenvalue weighted by Crippen LogP contribution is 2.27. The molecule has 1 aromatic carbocycles. The summed E-state index contributed by atoms with van der Waals surface area (Å²) >= 11 is 5.68. The highest BCUT2D eigenvalue weighted by atomic mass is 35.5. The third-order valence-corrected chi connectivity index (χ3v) is 2.19. The van der Waals surface area contributed by atoms with Crippen LogP contribution in [-0.2, 0) is 4.74 Å². The van der Waals surface area contributed by atoms with Gasteiger partial charge in [-0.25, -0.2) is 4.79 Å². The van der Waals surface area contributed by atoms with Gasteiger partial charge >= 0.3 is 5.97 Å². The van der Waals surface area contributed by atoms with Crippen LogP contribution in [0.25, 0.3) is 0 Å². The Morgan fingerprint density at radius 1 is 1.56 bits per heavy atom. The molecular formula is C9H6ClNO5. The summed E-state index contributed by atoms with van der Waals surface area (Å²) in [4.78, 5) is 31.9. The number of nitro groups is 1. The number of methoxy groups -OCH3 is 1. The quantitative estimate of drug-likeness (QED) is 0.350. The van der Waals surface area contributed by atoms with E-state index in [1.165, 1.54) is 6.07 Å². The standard InChI is InChI=1S/C9H6ClNO5/c1-16-9(13)8-5(4-12)7(11(14)15)3-2-6(8)10/h2-4H,1H3. The molecule has 0 saturated heterocycles. The normalized spacial score (nSPS) is 9.62. The van der Waals surface area contributed by atoms with Crippen LogP contribution >= 0.6 is 11.6 Å². The summed E-state index contributed by atoms with van der Waals surface area (Å²) in [6, 6.07) is 2.22. The van der Waals surface area contributed by atoms with E-state index in [9.17, 15) is 19.7 Å². The number of carbonyl (C=O) groups excluding carboxylic acids is 2. The second kappa shape index (κ2) is 4.71. The second-order valence-electron chi connectivity index (χ2n) is 2.72. The third kappa shape index (κ3) is 2.01. The molecule has 0 bridgehead atoms. The van der Waals surface area contributed by atoms with E-state index in [2.05, 4.69) is 4.74 Å². The Balaban J connectivity index is 3.56. The molecule has 0 saturated carbocycles. The zero-order chi connectivity index (χ0) is 12.3. The number of ether oxygens (including phenoxy) is 1. The van der Waals surface area contributed by atoms with Crippen molar-refractivity contribution in [2.75, 3.05) is 7.11 Å². The largest absolute Gasteiger partial charge is 0.465 e. The summed E-state index contributed by atoms with van der Waals surface area (Å²) < 4.78 is 4.39. The van der Waals surface area contributed by atoms with Crippen LogP contribution in [0.4, 0.5) is 5.69 Å². The Bertz CT molecular complexity index is 471. The highest BCUT2D eigenvalue weighted by Gasteiger charge is 2.24. The van der Waals surface area contributed by atoms with Gasteiger partial charge in [0.2, 0.25) is 0 Å². The molecule has 0 unspecified atom stereocenters. The van der Waals surface area contributed by atoms with E-state index in [1.54, 1.807) is 0 Å². The van der Waals surface area contributed by atoms with Crippen molar-refractivity contribution in [3.8, 4) is 0 Å². The van der Waals surface area contributed by atoms with Crippen LogP contribution in [0, 0.1) is 10.1 Å². The lowest BCUT2D eigenvalue weighted by molar-refractivity contribution is -0.385. The van der Waals surface area contributed by atoms with Crippen LogP contribution in [0.3, 0.4) is 0 Å². The van der Waals surface area contributed by atoms with E-state index >= 15 is 0 Å². The summed E-state index contributed by atoms with van der Waals surface area (Å²) in [5, 5.41) is 10.5. The lowest BCUT2D eigenvalue weighted by Gasteiger charge is -2.05. The van der Waals surface area contributed by atoms with Crippen molar-refractivity contribution >= 4 is 29.5 Å². The van der Waals surface area contributed by atoms with Crippen molar-refractivity contribution < 1.29 is 19.2 Å². The number of nitrogens with zero attached hydrogens (tertiary/aromatic N) is 1. The molecule has 0 aliphatic carbocycles. The van der Waals surface area contributed by atoms with Crippen LogP contribution < -0.4 is 0 Å². The van der Waals surface area contributed by atoms with Gasteiger partial charge in [0.15, 0.2) is 6.29 Å². The van der Waals surface area contributed by atoms with Crippen molar-refractivity contribution in [2.24, 2.45) is 0 Å². The number of rotatable bonds is 3. The van der Waals surface area contributed by atoms with Crippen LogP contribution in [0.1, 0.15) is 20.7 Å². The zero-order valence-corrected chi connectivity index (χ0v) is 8.85. The minimum Gasteiger partial charge on any atom is -0.465 e. The highest BCUT2D eigenvalue weighted by molar-refractivity contribution is 6.34. The fourth-order valence-corrected chi connectivity index (χ4v) is 1.41. The molecule has 0 N–H and O–H groups in total. The Hall–Kier alpha value is -1.95. The molecule has 7 heteroatoms. The molecule has 0 spiro atoms. The number of hydrogen-bond acceptors (Lipinski definition) is 5. The third-order valence-electron chi connectivity index (χ3n) is 1.88. The molecule has 84 valence electrons. The van der Waals surface area contributed by atoms with Gasteiger partial charge in [0.1, 0.15) is 5.56 Å². The van der Waals surface area contributed by atoms with Crippen molar-refractivity contribution in [1.82, 2.24) is 0 Å². The van der Waals surface area contributed by atoms with Gasteiger partial charge in [0.25, 0.3) is 5.69 Å². The fraction of sp³-hybridized carbons (Fsp3) is 0.111. The van der Waals surface area contributed by atoms with E-state index in [-0.39, 0.29) is 22.4 Å². The van der Waals surface area contributed by atoms with Crippen LogP contribution in [0.5, 0.6) is 0 Å². The zero-order valence-electron chi connectivity index (χ0n) is 8.10. The van der Waals surface area contributed by atoms with Gasteiger partial charge in [0.05, 0.1) is 22.6 Å². The van der Waals surface area contributed by atoms with Gasteiger partial charge in [-0.2, -0.15) is 0 Å². The SMILES string of the molecule is COC(=O)c1c(Cl)ccc([N+](=O)[O-])c1C=O. The molecule has 0 aliphatic heterocycles. The summed E-state index contributed by atoms with van der Waals surface area (Å²) in [6.45, 7) is 0. The molecule has 0 radical (unpaired) electrons. The number of nitro benzene ring substituents is 1. The van der Waals surface area contributed by atoms with Gasteiger partial charge < -0.3 is 4.74 Å². The van der Waals surface area contributed by atoms with Gasteiger partial charge in [-0.1, -0.05) is 11.6 Å². The summed E-state index contributed by atoms with van der Waals surface area (Å²) in [6.07, 6.45) is 0.205. The van der Waals surface area contributed by atoms with Crippen LogP contribution in [0.15, 0.2) is 12.1 Å². The molecular weight excluding hydrogens is 238 g/mol. The van der Waals surface area contributed by atoms with Crippen molar-refractivity contribution in [1.29, 1.82) is 0 Å². The summed E-state index contributed by atoms with van der Waals surface area (Å²) in [5.41, 5.74) is -1.17. The molecule has 1 rings (SSSR count). The van der Waals surface area contributed by atoms with Gasteiger partial charge in [0, 0.05) is 6.07 Å². The predicted octanol–water partition coefficient (Wildman–Crippen LogP) is 1.85. The van der Waals surface area contributed by atoms with E-state index in [1.807, 2.05) is 0 Å². The fourth-order valence-electron chi connectivity index (χ4n) is 1.17. The van der Waals surface area contributed by atoms with Gasteiger partial charge in [-0.3, -0.25) is 14.9 Å². The lowest BCUT2D eigenvalue weighted by Crippen LogP contribution is -2.08. The van der Waals surface area contributed by atoms with E-state index in [4.69, 9.17) is 11.6 Å². The monoisotopic (exact) mass is 243 g/mol. The molecule has 1 aromatic rings. The maximum absolute atomic E-state index is 11.3. The van der Waals surface area contributed by atoms with Crippen molar-refractivity contribution in [3.05, 3.63) is 38.4 Å². The number of halogens is 1. The maximum Gasteiger partial charge on any atom is 0.340 e. The lowest BCUT2D eigenvalue weighted by atomic mass is 10.1. The van der Waals surface area contributed by atoms with Crippen molar-refractivity contribution in [3.63, 3.8) is 0 Å². The number of benzene rings is 1. The summed E-state index contributed by atoms with van der Waals surface area (Å²) in [5.74, 6) is -0.893. The molecule has 16 heavy (non-hydrogen) atoms. The minimum atomic E-state index is -0.893. The first-order valence-electron chi connectivity index (χ1n) is 4.03. The number of hydrogen-bond donors (Lipinski definition) is 0. The number of aldehydes is 1. The predicted molar refractivity (Wildman–Crippen MR) is 54.8 cm³/mol. The Kier molecular flexibility index (Phi) is 3.57. The molecule has 0 amide bonds. The first-order valence-corrected chi connectivity index (χ1v) is 4.41. The van der Waals surface area contributed by atoms with Crippen LogP contribution in [0.2, 0.25) is 5.02 Å². The van der Waals surface area contributed by atoms with Gasteiger partial charge in [-0.05, 0) is 6.07 Å². The Morgan fingerprint density at radius 3 is 2.62 bits per heavy atom. The first kappa shape index (κ1) is 12.1. The molecule has 0 aliphatic rings. The molecule has 0 fully saturated rings. The van der Waals surface area contributed by atoms with E-state index < -0.39 is 16.6 Å². The average molecular weight is 244 g/mol. The molecule has 0 aromatic heterocycles. The molecule has 0 atom stereocenters. The van der Waals surface area contributed by atoms with Crippen molar-refractivity contribution in [2.45, 2.75) is 0 Å². The first-order chi connectivity index (χ1) is 7.52. The van der Waals surface area contributed by atoms with Crippen LogP contribution in [-0.4, -0.2) is 24.3 Å². The smallest absolute Gasteiger partial charge is 0.340 e. The second-order valence-corrected chi connectivity index (χ2v) is 3.13. The minimum absolute atomic E-state index is 0.0699. The van der Waals surface area contributed by atoms with Gasteiger partial charge in [-0.15, -0.1) is 0 Å². The van der Waals surface area contributed by atoms with E-state index in [0.717, 1.165) is 13.2 Å². The topological polar surface area (TPSA) is 86.5 Å². The molecule has 0 heterocycles. The average Bonchev–Trinajstić information content (AvgIpc) is 2.26. The Morgan fingerprint density at radius 2 is 2.19 bits per heavy atom. The molecule has 6 nitrogen and oxygen atoms in total. The Labute approximate surface area is 94.9 Å². The summed E-state index contributed by atoms with van der Waals surface area (Å²) in [7, 11) is 1.09. The number of carbonyl (C=O) groups is 2. The van der Waals surface area contributed by atoms with E-state index in [0.29, 0.717) is 0 Å².